The molecule has 3 heterocycles. The van der Waals surface area contributed by atoms with E-state index in [0.29, 0.717) is 18.0 Å². The lowest BCUT2D eigenvalue weighted by Crippen LogP contribution is -2.33. The summed E-state index contributed by atoms with van der Waals surface area (Å²) in [6, 6.07) is 16.8. The number of fused-ring (bicyclic) bond motifs is 1. The van der Waals surface area contributed by atoms with Gasteiger partial charge in [-0.3, -0.25) is 14.0 Å². The van der Waals surface area contributed by atoms with Gasteiger partial charge in [0.25, 0.3) is 11.5 Å². The Morgan fingerprint density at radius 2 is 1.84 bits per heavy atom. The number of aromatic nitrogens is 2. The highest BCUT2D eigenvalue weighted by molar-refractivity contribution is 6.02. The van der Waals surface area contributed by atoms with E-state index in [-0.39, 0.29) is 16.7 Å². The maximum absolute atomic E-state index is 13.3. The van der Waals surface area contributed by atoms with Crippen molar-refractivity contribution in [1.29, 1.82) is 5.26 Å². The Hall–Kier alpha value is -3.92. The minimum Gasteiger partial charge on any atom is -0.356 e. The Morgan fingerprint density at radius 3 is 2.58 bits per heavy atom. The van der Waals surface area contributed by atoms with E-state index in [1.807, 2.05) is 42.5 Å². The van der Waals surface area contributed by atoms with Gasteiger partial charge in [0, 0.05) is 25.8 Å². The van der Waals surface area contributed by atoms with Crippen molar-refractivity contribution in [3.63, 3.8) is 0 Å². The van der Waals surface area contributed by atoms with Crippen molar-refractivity contribution < 1.29 is 4.79 Å². The smallest absolute Gasteiger partial charge is 0.267 e. The van der Waals surface area contributed by atoms with Crippen molar-refractivity contribution >= 4 is 23.4 Å². The molecule has 4 rings (SSSR count). The molecule has 0 aliphatic carbocycles. The lowest BCUT2D eigenvalue weighted by atomic mass is 10.1. The summed E-state index contributed by atoms with van der Waals surface area (Å²) in [5, 5.41) is 12.4. The summed E-state index contributed by atoms with van der Waals surface area (Å²) in [7, 11) is 0. The first-order valence-electron chi connectivity index (χ1n) is 10.4. The summed E-state index contributed by atoms with van der Waals surface area (Å²) in [6.45, 7) is 1.88. The summed E-state index contributed by atoms with van der Waals surface area (Å²) in [4.78, 5) is 32.7. The first-order valence-corrected chi connectivity index (χ1v) is 10.4. The third-order valence-corrected chi connectivity index (χ3v) is 5.35. The molecule has 1 fully saturated rings. The average Bonchev–Trinajstić information content (AvgIpc) is 2.83. The van der Waals surface area contributed by atoms with Gasteiger partial charge in [0.15, 0.2) is 0 Å². The van der Waals surface area contributed by atoms with E-state index in [2.05, 4.69) is 10.2 Å². The van der Waals surface area contributed by atoms with Gasteiger partial charge in [-0.1, -0.05) is 36.4 Å². The van der Waals surface area contributed by atoms with Gasteiger partial charge in [-0.15, -0.1) is 0 Å². The molecular weight excluding hydrogens is 390 g/mol. The largest absolute Gasteiger partial charge is 0.356 e. The zero-order valence-electron chi connectivity index (χ0n) is 17.1. The fourth-order valence-corrected chi connectivity index (χ4v) is 3.73. The van der Waals surface area contributed by atoms with Crippen LogP contribution in [-0.2, 0) is 11.3 Å². The van der Waals surface area contributed by atoms with Crippen molar-refractivity contribution in [2.45, 2.75) is 25.8 Å². The van der Waals surface area contributed by atoms with Gasteiger partial charge in [0.2, 0.25) is 0 Å². The molecule has 0 bridgehead atoms. The molecule has 0 spiro atoms. The van der Waals surface area contributed by atoms with Crippen LogP contribution >= 0.6 is 0 Å². The number of amides is 1. The maximum Gasteiger partial charge on any atom is 0.267 e. The number of benzene rings is 1. The van der Waals surface area contributed by atoms with Crippen molar-refractivity contribution in [2.75, 3.05) is 18.0 Å². The molecule has 1 aromatic carbocycles. The number of nitrogens with zero attached hydrogens (tertiary/aromatic N) is 4. The zero-order chi connectivity index (χ0) is 21.6. The molecule has 7 nitrogen and oxygen atoms in total. The van der Waals surface area contributed by atoms with Crippen LogP contribution in [0.15, 0.2) is 65.1 Å². The van der Waals surface area contributed by atoms with Crippen LogP contribution in [0, 0.1) is 11.3 Å². The highest BCUT2D eigenvalue weighted by Gasteiger charge is 2.21. The maximum atomic E-state index is 13.3. The predicted octanol–water partition coefficient (Wildman–Crippen LogP) is 2.91. The van der Waals surface area contributed by atoms with Crippen LogP contribution in [0.25, 0.3) is 11.7 Å². The fourth-order valence-electron chi connectivity index (χ4n) is 3.73. The summed E-state index contributed by atoms with van der Waals surface area (Å²) in [6.07, 6.45) is 6.19. The lowest BCUT2D eigenvalue weighted by Gasteiger charge is -2.29. The van der Waals surface area contributed by atoms with Gasteiger partial charge in [-0.05, 0) is 43.0 Å². The third kappa shape index (κ3) is 4.48. The number of rotatable bonds is 5. The van der Waals surface area contributed by atoms with Gasteiger partial charge in [-0.2, -0.15) is 5.26 Å². The highest BCUT2D eigenvalue weighted by Crippen LogP contribution is 2.23. The Bertz CT molecular complexity index is 1220. The molecule has 1 amide bonds. The number of carbonyl (C=O) groups is 1. The van der Waals surface area contributed by atoms with Gasteiger partial charge < -0.3 is 10.2 Å². The van der Waals surface area contributed by atoms with Crippen molar-refractivity contribution in [2.24, 2.45) is 0 Å². The molecule has 0 radical (unpaired) electrons. The second-order valence-electron chi connectivity index (χ2n) is 7.47. The highest BCUT2D eigenvalue weighted by atomic mass is 16.1. The number of anilines is 1. The van der Waals surface area contributed by atoms with Gasteiger partial charge in [-0.25, -0.2) is 4.98 Å². The van der Waals surface area contributed by atoms with E-state index in [0.717, 1.165) is 37.9 Å². The van der Waals surface area contributed by atoms with Crippen LogP contribution in [0.4, 0.5) is 5.82 Å². The molecule has 1 aliphatic rings. The Labute approximate surface area is 180 Å². The first kappa shape index (κ1) is 20.4. The molecule has 0 saturated carbocycles. The fraction of sp³-hybridized carbons (Fsp3) is 0.250. The lowest BCUT2D eigenvalue weighted by molar-refractivity contribution is -0.117. The molecule has 156 valence electrons. The van der Waals surface area contributed by atoms with E-state index in [4.69, 9.17) is 4.98 Å². The summed E-state index contributed by atoms with van der Waals surface area (Å²) < 4.78 is 1.44. The molecule has 3 aromatic rings. The number of pyridine rings is 1. The SMILES string of the molecule is N#C/C(=C\c1c(N2CCCCC2)nc2ccccn2c1=O)C(=O)NCc1ccccc1. The van der Waals surface area contributed by atoms with Crippen molar-refractivity contribution in [3.8, 4) is 6.07 Å². The van der Waals surface area contributed by atoms with Crippen molar-refractivity contribution in [3.05, 3.63) is 81.8 Å². The molecule has 2 aromatic heterocycles. The van der Waals surface area contributed by atoms with Crippen LogP contribution in [0.2, 0.25) is 0 Å². The number of nitrogens with one attached hydrogen (secondary N) is 1. The van der Waals surface area contributed by atoms with E-state index >= 15 is 0 Å². The van der Waals surface area contributed by atoms with Crippen LogP contribution in [0.5, 0.6) is 0 Å². The molecule has 7 heteroatoms. The van der Waals surface area contributed by atoms with Crippen LogP contribution in [0.3, 0.4) is 0 Å². The molecule has 31 heavy (non-hydrogen) atoms. The van der Waals surface area contributed by atoms with E-state index in [1.165, 1.54) is 10.5 Å². The van der Waals surface area contributed by atoms with Crippen molar-refractivity contribution in [1.82, 2.24) is 14.7 Å². The Balaban J connectivity index is 1.72. The second kappa shape index (κ2) is 9.26. The van der Waals surface area contributed by atoms with Crippen LogP contribution in [-0.4, -0.2) is 28.4 Å². The van der Waals surface area contributed by atoms with Gasteiger partial charge >= 0.3 is 0 Å². The predicted molar refractivity (Wildman–Crippen MR) is 119 cm³/mol. The number of nitriles is 1. The molecule has 1 aliphatic heterocycles. The number of carbonyl (C=O) groups excluding carboxylic acids is 1. The summed E-state index contributed by atoms with van der Waals surface area (Å²) >= 11 is 0. The first-order chi connectivity index (χ1) is 15.2. The van der Waals surface area contributed by atoms with Gasteiger partial charge in [0.1, 0.15) is 23.1 Å². The standard InChI is InChI=1S/C24H23N5O2/c25-16-19(23(30)26-17-18-9-3-1-4-10-18)15-20-22(28-12-6-2-7-13-28)27-21-11-5-8-14-29(21)24(20)31/h1,3-5,8-11,14-15H,2,6-7,12-13,17H2,(H,26,30)/b19-15+. The minimum absolute atomic E-state index is 0.121. The topological polar surface area (TPSA) is 90.5 Å². The third-order valence-electron chi connectivity index (χ3n) is 5.35. The molecule has 1 N–H and O–H groups in total. The normalized spacial score (nSPS) is 14.3. The summed E-state index contributed by atoms with van der Waals surface area (Å²) in [5.74, 6) is 0.00742. The Kier molecular flexibility index (Phi) is 6.08. The molecule has 0 unspecified atom stereocenters. The van der Waals surface area contributed by atoms with E-state index < -0.39 is 5.91 Å². The summed E-state index contributed by atoms with van der Waals surface area (Å²) in [5.41, 5.74) is 1.31. The minimum atomic E-state index is -0.520. The monoisotopic (exact) mass is 413 g/mol. The van der Waals surface area contributed by atoms with Crippen LogP contribution in [0.1, 0.15) is 30.4 Å². The molecule has 0 atom stereocenters. The number of hydrogen-bond acceptors (Lipinski definition) is 5. The quantitative estimate of drug-likeness (QED) is 0.513. The van der Waals surface area contributed by atoms with E-state index in [1.54, 1.807) is 18.3 Å². The average molecular weight is 413 g/mol. The second-order valence-corrected chi connectivity index (χ2v) is 7.47. The zero-order valence-corrected chi connectivity index (χ0v) is 17.1. The van der Waals surface area contributed by atoms with Gasteiger partial charge in [0.05, 0.1) is 5.56 Å². The molecular formula is C24H23N5O2. The van der Waals surface area contributed by atoms with E-state index in [9.17, 15) is 14.9 Å². The number of piperidine rings is 1. The van der Waals surface area contributed by atoms with Crippen LogP contribution < -0.4 is 15.8 Å². The molecule has 1 saturated heterocycles. The number of hydrogen-bond donors (Lipinski definition) is 1. The Morgan fingerprint density at radius 1 is 1.10 bits per heavy atom.